The van der Waals surface area contributed by atoms with Crippen LogP contribution in [0.5, 0.6) is 5.75 Å². The van der Waals surface area contributed by atoms with Gasteiger partial charge in [-0.25, -0.2) is 0 Å². The Labute approximate surface area is 167 Å². The van der Waals surface area contributed by atoms with Crippen LogP contribution in [0.2, 0.25) is 0 Å². The van der Waals surface area contributed by atoms with Gasteiger partial charge in [0, 0.05) is 16.6 Å². The highest BCUT2D eigenvalue weighted by molar-refractivity contribution is 9.10. The van der Waals surface area contributed by atoms with Crippen molar-refractivity contribution in [3.63, 3.8) is 0 Å². The second kappa shape index (κ2) is 9.37. The number of carbonyl (C=O) groups is 1. The van der Waals surface area contributed by atoms with Crippen LogP contribution in [0.4, 0.5) is 0 Å². The molecule has 3 rings (SSSR count). The zero-order valence-electron chi connectivity index (χ0n) is 15.2. The molecule has 0 radical (unpaired) electrons. The lowest BCUT2D eigenvalue weighted by Crippen LogP contribution is -2.23. The van der Waals surface area contributed by atoms with E-state index in [9.17, 15) is 4.79 Å². The summed E-state index contributed by atoms with van der Waals surface area (Å²) in [5.41, 5.74) is 3.11. The molecule has 1 heterocycles. The van der Waals surface area contributed by atoms with Gasteiger partial charge in [-0.05, 0) is 54.4 Å². The van der Waals surface area contributed by atoms with Crippen molar-refractivity contribution in [1.29, 1.82) is 0 Å². The fraction of sp³-hybridized carbons (Fsp3) is 0.238. The number of aromatic amines is 1. The van der Waals surface area contributed by atoms with E-state index in [0.29, 0.717) is 12.2 Å². The van der Waals surface area contributed by atoms with Crippen LogP contribution in [0.15, 0.2) is 59.1 Å². The molecule has 140 valence electrons. The van der Waals surface area contributed by atoms with Gasteiger partial charge in [0.15, 0.2) is 0 Å². The highest BCUT2D eigenvalue weighted by Crippen LogP contribution is 2.21. The topological polar surface area (TPSA) is 67.0 Å². The minimum atomic E-state index is -0.187. The van der Waals surface area contributed by atoms with Crippen molar-refractivity contribution in [3.8, 4) is 17.0 Å². The molecule has 0 aliphatic carbocycles. The van der Waals surface area contributed by atoms with Crippen LogP contribution in [0, 0.1) is 0 Å². The van der Waals surface area contributed by atoms with Gasteiger partial charge in [-0.1, -0.05) is 41.4 Å². The molecule has 0 fully saturated rings. The molecule has 2 N–H and O–H groups in total. The molecule has 6 heteroatoms. The van der Waals surface area contributed by atoms with Crippen LogP contribution in [0.3, 0.4) is 0 Å². The van der Waals surface area contributed by atoms with E-state index in [4.69, 9.17) is 4.74 Å². The van der Waals surface area contributed by atoms with E-state index < -0.39 is 0 Å². The molecule has 2 aromatic carbocycles. The number of benzene rings is 2. The van der Waals surface area contributed by atoms with E-state index in [2.05, 4.69) is 38.4 Å². The molecule has 0 saturated carbocycles. The number of hydrogen-bond acceptors (Lipinski definition) is 3. The number of amides is 1. The molecule has 0 unspecified atom stereocenters. The number of halogens is 1. The Morgan fingerprint density at radius 2 is 2.00 bits per heavy atom. The van der Waals surface area contributed by atoms with Gasteiger partial charge in [0.25, 0.3) is 5.91 Å². The lowest BCUT2D eigenvalue weighted by molar-refractivity contribution is 0.0946. The largest absolute Gasteiger partial charge is 0.494 e. The summed E-state index contributed by atoms with van der Waals surface area (Å²) < 4.78 is 6.65. The summed E-state index contributed by atoms with van der Waals surface area (Å²) >= 11 is 3.43. The zero-order chi connectivity index (χ0) is 19.1. The Bertz CT molecular complexity index is 890. The Balaban J connectivity index is 1.59. The fourth-order valence-electron chi connectivity index (χ4n) is 2.57. The predicted octanol–water partition coefficient (Wildman–Crippen LogP) is 4.95. The van der Waals surface area contributed by atoms with Crippen molar-refractivity contribution in [3.05, 3.63) is 70.3 Å². The number of ether oxygens (including phenoxy) is 1. The normalized spacial score (nSPS) is 10.6. The van der Waals surface area contributed by atoms with E-state index in [1.165, 1.54) is 0 Å². The minimum absolute atomic E-state index is 0.187. The quantitative estimate of drug-likeness (QED) is 0.499. The van der Waals surface area contributed by atoms with Crippen molar-refractivity contribution in [2.75, 3.05) is 6.61 Å². The van der Waals surface area contributed by atoms with Crippen LogP contribution in [-0.4, -0.2) is 22.7 Å². The number of aromatic nitrogens is 2. The van der Waals surface area contributed by atoms with Gasteiger partial charge in [0.2, 0.25) is 0 Å². The Morgan fingerprint density at radius 1 is 1.19 bits per heavy atom. The third-order valence-electron chi connectivity index (χ3n) is 4.08. The number of rotatable bonds is 8. The molecule has 0 aliphatic heterocycles. The third-order valence-corrected chi connectivity index (χ3v) is 4.57. The van der Waals surface area contributed by atoms with Gasteiger partial charge in [-0.15, -0.1) is 0 Å². The van der Waals surface area contributed by atoms with Crippen molar-refractivity contribution in [2.24, 2.45) is 0 Å². The first-order valence-electron chi connectivity index (χ1n) is 8.97. The van der Waals surface area contributed by atoms with Crippen LogP contribution < -0.4 is 10.1 Å². The van der Waals surface area contributed by atoms with Crippen LogP contribution in [0.1, 0.15) is 35.8 Å². The molecule has 0 saturated heterocycles. The molecule has 0 aliphatic rings. The van der Waals surface area contributed by atoms with Gasteiger partial charge in [0.1, 0.15) is 11.4 Å². The van der Waals surface area contributed by atoms with E-state index in [1.54, 1.807) is 6.07 Å². The molecule has 0 bridgehead atoms. The predicted molar refractivity (Wildman–Crippen MR) is 110 cm³/mol. The number of unbranched alkanes of at least 4 members (excludes halogenated alkanes) is 1. The van der Waals surface area contributed by atoms with Gasteiger partial charge < -0.3 is 10.1 Å². The Kier molecular flexibility index (Phi) is 6.65. The lowest BCUT2D eigenvalue weighted by Gasteiger charge is -2.05. The molecule has 1 aromatic heterocycles. The maximum atomic E-state index is 12.3. The van der Waals surface area contributed by atoms with E-state index in [0.717, 1.165) is 46.5 Å². The average molecular weight is 428 g/mol. The molecular formula is C21H22BrN3O2. The second-order valence-corrected chi connectivity index (χ2v) is 7.12. The zero-order valence-corrected chi connectivity index (χ0v) is 16.8. The van der Waals surface area contributed by atoms with Gasteiger partial charge in [-0.2, -0.15) is 5.10 Å². The monoisotopic (exact) mass is 427 g/mol. The smallest absolute Gasteiger partial charge is 0.269 e. The molecule has 0 atom stereocenters. The number of H-pyrrole nitrogens is 1. The third kappa shape index (κ3) is 5.44. The Morgan fingerprint density at radius 3 is 2.74 bits per heavy atom. The Hall–Kier alpha value is -2.60. The van der Waals surface area contributed by atoms with Crippen molar-refractivity contribution < 1.29 is 9.53 Å². The highest BCUT2D eigenvalue weighted by atomic mass is 79.9. The summed E-state index contributed by atoms with van der Waals surface area (Å²) in [5, 5.41) is 9.95. The summed E-state index contributed by atoms with van der Waals surface area (Å²) in [5.74, 6) is 0.656. The summed E-state index contributed by atoms with van der Waals surface area (Å²) in [6.45, 7) is 3.31. The molecule has 1 amide bonds. The summed E-state index contributed by atoms with van der Waals surface area (Å²) in [6, 6.07) is 17.3. The number of nitrogens with one attached hydrogen (secondary N) is 2. The van der Waals surface area contributed by atoms with Gasteiger partial charge in [0.05, 0.1) is 12.3 Å². The van der Waals surface area contributed by atoms with E-state index in [-0.39, 0.29) is 5.91 Å². The first-order chi connectivity index (χ1) is 13.2. The number of hydrogen-bond donors (Lipinski definition) is 2. The van der Waals surface area contributed by atoms with Crippen molar-refractivity contribution in [2.45, 2.75) is 26.3 Å². The van der Waals surface area contributed by atoms with Crippen molar-refractivity contribution in [1.82, 2.24) is 15.5 Å². The maximum absolute atomic E-state index is 12.3. The molecule has 0 spiro atoms. The van der Waals surface area contributed by atoms with Crippen LogP contribution >= 0.6 is 15.9 Å². The maximum Gasteiger partial charge on any atom is 0.269 e. The SMILES string of the molecule is CCCCOc1ccc(-c2cc(C(=O)NCc3cccc(Br)c3)[nH]n2)cc1. The van der Waals surface area contributed by atoms with Crippen molar-refractivity contribution >= 4 is 21.8 Å². The van der Waals surface area contributed by atoms with E-state index >= 15 is 0 Å². The number of carbonyl (C=O) groups excluding carboxylic acids is 1. The summed E-state index contributed by atoms with van der Waals surface area (Å²) in [6.07, 6.45) is 2.15. The number of nitrogens with zero attached hydrogens (tertiary/aromatic N) is 1. The fourth-order valence-corrected chi connectivity index (χ4v) is 3.01. The van der Waals surface area contributed by atoms with Gasteiger partial charge >= 0.3 is 0 Å². The van der Waals surface area contributed by atoms with Gasteiger partial charge in [-0.3, -0.25) is 9.89 Å². The van der Waals surface area contributed by atoms with Crippen LogP contribution in [0.25, 0.3) is 11.3 Å². The second-order valence-electron chi connectivity index (χ2n) is 6.21. The average Bonchev–Trinajstić information content (AvgIpc) is 3.17. The molecular weight excluding hydrogens is 406 g/mol. The highest BCUT2D eigenvalue weighted by Gasteiger charge is 2.11. The minimum Gasteiger partial charge on any atom is -0.494 e. The summed E-state index contributed by atoms with van der Waals surface area (Å²) in [4.78, 5) is 12.3. The first kappa shape index (κ1) is 19.2. The molecule has 27 heavy (non-hydrogen) atoms. The molecule has 5 nitrogen and oxygen atoms in total. The molecule has 3 aromatic rings. The lowest BCUT2D eigenvalue weighted by atomic mass is 10.1. The summed E-state index contributed by atoms with van der Waals surface area (Å²) in [7, 11) is 0. The standard InChI is InChI=1S/C21H22BrN3O2/c1-2-3-11-27-18-9-7-16(8-10-18)19-13-20(25-24-19)21(26)23-14-15-5-4-6-17(22)12-15/h4-10,12-13H,2-3,11,14H2,1H3,(H,23,26)(H,24,25). The van der Waals surface area contributed by atoms with Crippen LogP contribution in [-0.2, 0) is 6.54 Å². The first-order valence-corrected chi connectivity index (χ1v) is 9.76. The van der Waals surface area contributed by atoms with E-state index in [1.807, 2.05) is 48.5 Å².